The second kappa shape index (κ2) is 8.07. The lowest BCUT2D eigenvalue weighted by atomic mass is 10.3. The number of anilines is 2. The molecular weight excluding hydrogens is 337 g/mol. The summed E-state index contributed by atoms with van der Waals surface area (Å²) in [4.78, 5) is 35.0. The van der Waals surface area contributed by atoms with Crippen LogP contribution in [0.3, 0.4) is 0 Å². The smallest absolute Gasteiger partial charge is 0.313 e. The van der Waals surface area contributed by atoms with Gasteiger partial charge < -0.3 is 16.0 Å². The first kappa shape index (κ1) is 17.4. The normalized spacial score (nSPS) is 9.92. The monoisotopic (exact) mass is 349 g/mol. The van der Waals surface area contributed by atoms with E-state index in [9.17, 15) is 18.8 Å². The molecule has 8 heteroatoms. The number of hydrogen-bond donors (Lipinski definition) is 3. The van der Waals surface area contributed by atoms with E-state index in [2.05, 4.69) is 16.0 Å². The highest BCUT2D eigenvalue weighted by molar-refractivity contribution is 6.40. The van der Waals surface area contributed by atoms with Crippen molar-refractivity contribution in [1.29, 1.82) is 0 Å². The van der Waals surface area contributed by atoms with Crippen molar-refractivity contribution in [2.75, 3.05) is 17.2 Å². The van der Waals surface area contributed by atoms with Crippen LogP contribution in [0.4, 0.5) is 15.8 Å². The van der Waals surface area contributed by atoms with Crippen LogP contribution >= 0.6 is 11.6 Å². The fourth-order valence-electron chi connectivity index (χ4n) is 1.73. The van der Waals surface area contributed by atoms with E-state index < -0.39 is 23.5 Å². The molecule has 0 aliphatic heterocycles. The number of hydrogen-bond acceptors (Lipinski definition) is 3. The van der Waals surface area contributed by atoms with Gasteiger partial charge >= 0.3 is 11.8 Å². The summed E-state index contributed by atoms with van der Waals surface area (Å²) in [5.74, 6) is -2.92. The first-order valence-electron chi connectivity index (χ1n) is 6.84. The van der Waals surface area contributed by atoms with Gasteiger partial charge in [-0.3, -0.25) is 14.4 Å². The molecule has 0 atom stereocenters. The molecule has 2 rings (SSSR count). The molecule has 3 N–H and O–H groups in total. The highest BCUT2D eigenvalue weighted by Gasteiger charge is 2.15. The number of halogens is 2. The maximum atomic E-state index is 12.8. The summed E-state index contributed by atoms with van der Waals surface area (Å²) in [5.41, 5.74) is 0.734. The lowest BCUT2D eigenvalue weighted by Gasteiger charge is -2.08. The van der Waals surface area contributed by atoms with E-state index in [-0.39, 0.29) is 12.2 Å². The highest BCUT2D eigenvalue weighted by atomic mass is 35.5. The van der Waals surface area contributed by atoms with Crippen molar-refractivity contribution in [2.45, 2.75) is 0 Å². The van der Waals surface area contributed by atoms with Crippen LogP contribution in [0.15, 0.2) is 48.5 Å². The molecule has 24 heavy (non-hydrogen) atoms. The van der Waals surface area contributed by atoms with Gasteiger partial charge in [-0.25, -0.2) is 4.39 Å². The van der Waals surface area contributed by atoms with Crippen LogP contribution in [-0.4, -0.2) is 24.3 Å². The summed E-state index contributed by atoms with van der Waals surface area (Å²) in [5, 5.41) is 7.44. The topological polar surface area (TPSA) is 87.3 Å². The number of benzene rings is 2. The van der Waals surface area contributed by atoms with Crippen molar-refractivity contribution >= 4 is 40.7 Å². The fourth-order valence-corrected chi connectivity index (χ4v) is 1.92. The summed E-state index contributed by atoms with van der Waals surface area (Å²) >= 11 is 5.79. The maximum absolute atomic E-state index is 12.8. The number of rotatable bonds is 4. The van der Waals surface area contributed by atoms with Crippen LogP contribution in [-0.2, 0) is 14.4 Å². The van der Waals surface area contributed by atoms with E-state index in [0.717, 1.165) is 12.1 Å². The molecule has 0 unspecified atom stereocenters. The zero-order chi connectivity index (χ0) is 17.5. The zero-order valence-electron chi connectivity index (χ0n) is 12.3. The Morgan fingerprint density at radius 3 is 2.29 bits per heavy atom. The van der Waals surface area contributed by atoms with Gasteiger partial charge in [0.15, 0.2) is 0 Å². The van der Waals surface area contributed by atoms with Crippen LogP contribution < -0.4 is 16.0 Å². The molecule has 0 aromatic heterocycles. The van der Waals surface area contributed by atoms with E-state index in [1.165, 1.54) is 12.1 Å². The van der Waals surface area contributed by atoms with Crippen molar-refractivity contribution < 1.29 is 18.8 Å². The van der Waals surface area contributed by atoms with E-state index in [0.29, 0.717) is 10.7 Å². The second-order valence-corrected chi connectivity index (χ2v) is 5.14. The minimum absolute atomic E-state index is 0.264. The van der Waals surface area contributed by atoms with Gasteiger partial charge in [-0.05, 0) is 42.5 Å². The Kier molecular flexibility index (Phi) is 5.86. The van der Waals surface area contributed by atoms with Crippen LogP contribution in [0, 0.1) is 5.82 Å². The summed E-state index contributed by atoms with van der Waals surface area (Å²) in [6.07, 6.45) is 0. The molecule has 0 saturated heterocycles. The van der Waals surface area contributed by atoms with Crippen LogP contribution in [0.25, 0.3) is 0 Å². The van der Waals surface area contributed by atoms with E-state index in [4.69, 9.17) is 11.6 Å². The average Bonchev–Trinajstić information content (AvgIpc) is 2.54. The van der Waals surface area contributed by atoms with E-state index in [1.807, 2.05) is 0 Å². The minimum atomic E-state index is -0.986. The molecule has 0 saturated carbocycles. The summed E-state index contributed by atoms with van der Waals surface area (Å²) in [6.45, 7) is -0.387. The van der Waals surface area contributed by atoms with E-state index >= 15 is 0 Å². The molecule has 6 nitrogen and oxygen atoms in total. The number of carbonyl (C=O) groups excluding carboxylic acids is 3. The van der Waals surface area contributed by atoms with Gasteiger partial charge in [0.2, 0.25) is 5.91 Å². The van der Waals surface area contributed by atoms with Crippen LogP contribution in [0.2, 0.25) is 5.02 Å². The third-order valence-electron chi connectivity index (χ3n) is 2.83. The minimum Gasteiger partial charge on any atom is -0.339 e. The Hall–Kier alpha value is -2.93. The third kappa shape index (κ3) is 5.36. The van der Waals surface area contributed by atoms with Crippen molar-refractivity contribution in [3.63, 3.8) is 0 Å². The Balaban J connectivity index is 1.80. The fraction of sp³-hybridized carbons (Fsp3) is 0.0625. The first-order chi connectivity index (χ1) is 11.4. The number of carbonyl (C=O) groups is 3. The molecule has 0 aliphatic carbocycles. The lowest BCUT2D eigenvalue weighted by molar-refractivity contribution is -0.136. The summed E-state index contributed by atoms with van der Waals surface area (Å²) < 4.78 is 12.8. The maximum Gasteiger partial charge on any atom is 0.313 e. The first-order valence-corrected chi connectivity index (χ1v) is 7.22. The van der Waals surface area contributed by atoms with Gasteiger partial charge in [0.25, 0.3) is 0 Å². The van der Waals surface area contributed by atoms with Crippen molar-refractivity contribution in [1.82, 2.24) is 5.32 Å². The predicted octanol–water partition coefficient (Wildman–Crippen LogP) is 2.17. The molecule has 0 spiro atoms. The Labute approximate surface area is 142 Å². The number of nitrogens with one attached hydrogen (secondary N) is 3. The molecule has 0 aliphatic rings. The van der Waals surface area contributed by atoms with Crippen molar-refractivity contribution in [2.24, 2.45) is 0 Å². The van der Waals surface area contributed by atoms with Gasteiger partial charge in [-0.2, -0.15) is 0 Å². The molecular formula is C16H13ClFN3O3. The summed E-state index contributed by atoms with van der Waals surface area (Å²) in [7, 11) is 0. The molecule has 124 valence electrons. The predicted molar refractivity (Wildman–Crippen MR) is 88.1 cm³/mol. The van der Waals surface area contributed by atoms with Crippen molar-refractivity contribution in [3.8, 4) is 0 Å². The molecule has 2 aromatic rings. The van der Waals surface area contributed by atoms with Gasteiger partial charge in [-0.15, -0.1) is 0 Å². The number of amides is 3. The molecule has 3 amide bonds. The third-order valence-corrected chi connectivity index (χ3v) is 3.06. The average molecular weight is 350 g/mol. The second-order valence-electron chi connectivity index (χ2n) is 4.70. The Morgan fingerprint density at radius 2 is 1.62 bits per heavy atom. The lowest BCUT2D eigenvalue weighted by Crippen LogP contribution is -2.39. The molecule has 0 bridgehead atoms. The van der Waals surface area contributed by atoms with Crippen molar-refractivity contribution in [3.05, 3.63) is 59.4 Å². The Bertz CT molecular complexity index is 765. The van der Waals surface area contributed by atoms with Gasteiger partial charge in [0.05, 0.1) is 6.54 Å². The van der Waals surface area contributed by atoms with Gasteiger partial charge in [0, 0.05) is 16.4 Å². The molecule has 0 radical (unpaired) electrons. The largest absolute Gasteiger partial charge is 0.339 e. The quantitative estimate of drug-likeness (QED) is 0.739. The van der Waals surface area contributed by atoms with Gasteiger partial charge in [0.1, 0.15) is 5.82 Å². The Morgan fingerprint density at radius 1 is 0.917 bits per heavy atom. The highest BCUT2D eigenvalue weighted by Crippen LogP contribution is 2.14. The SMILES string of the molecule is O=C(CNC(=O)C(=O)Nc1ccc(F)cc1)Nc1cccc(Cl)c1. The van der Waals surface area contributed by atoms with E-state index in [1.54, 1.807) is 24.3 Å². The van der Waals surface area contributed by atoms with Crippen LogP contribution in [0.5, 0.6) is 0 Å². The molecule has 2 aromatic carbocycles. The zero-order valence-corrected chi connectivity index (χ0v) is 13.1. The van der Waals surface area contributed by atoms with Crippen LogP contribution in [0.1, 0.15) is 0 Å². The summed E-state index contributed by atoms with van der Waals surface area (Å²) in [6, 6.07) is 11.4. The standard InChI is InChI=1S/C16H13ClFN3O3/c17-10-2-1-3-13(8-10)20-14(22)9-19-15(23)16(24)21-12-6-4-11(18)5-7-12/h1-8H,9H2,(H,19,23)(H,20,22)(H,21,24). The molecule has 0 fully saturated rings. The van der Waals surface area contributed by atoms with Gasteiger partial charge in [-0.1, -0.05) is 17.7 Å². The molecule has 0 heterocycles.